The lowest BCUT2D eigenvalue weighted by Crippen LogP contribution is -2.23. The molecule has 1 unspecified atom stereocenters. The van der Waals surface area contributed by atoms with Gasteiger partial charge in [-0.25, -0.2) is 9.97 Å². The van der Waals surface area contributed by atoms with E-state index >= 15 is 0 Å². The van der Waals surface area contributed by atoms with Crippen molar-refractivity contribution in [2.75, 3.05) is 5.73 Å². The van der Waals surface area contributed by atoms with Gasteiger partial charge in [-0.3, -0.25) is 4.79 Å². The standard InChI is InChI=1S/C18H17F3N4OS/c1-9-2-4-11-12(6-9)27-17-15(11)16(22)23-13(24-17)8-25-7-10(18(19,20)21)3-5-14(25)26/h3,5,7,9H,2,4,6,8H2,1H3,(H2,22,23,24). The number of aromatic nitrogens is 3. The lowest BCUT2D eigenvalue weighted by Gasteiger charge is -2.17. The molecule has 0 fully saturated rings. The third-order valence-electron chi connectivity index (χ3n) is 4.85. The molecule has 142 valence electrons. The summed E-state index contributed by atoms with van der Waals surface area (Å²) in [6, 6.07) is 1.67. The van der Waals surface area contributed by atoms with Crippen LogP contribution in [-0.2, 0) is 25.6 Å². The van der Waals surface area contributed by atoms with Gasteiger partial charge in [0.15, 0.2) is 5.82 Å². The van der Waals surface area contributed by atoms with Crippen LogP contribution in [0.15, 0.2) is 23.1 Å². The molecule has 3 heterocycles. The second-order valence-electron chi connectivity index (χ2n) is 6.94. The number of hydrogen-bond acceptors (Lipinski definition) is 5. The largest absolute Gasteiger partial charge is 0.417 e. The lowest BCUT2D eigenvalue weighted by molar-refractivity contribution is -0.138. The predicted octanol–water partition coefficient (Wildman–Crippen LogP) is 3.63. The minimum atomic E-state index is -4.53. The third kappa shape index (κ3) is 3.31. The fourth-order valence-electron chi connectivity index (χ4n) is 3.46. The van der Waals surface area contributed by atoms with Crippen molar-refractivity contribution in [3.63, 3.8) is 0 Å². The Kier molecular flexibility index (Phi) is 4.21. The highest BCUT2D eigenvalue weighted by Gasteiger charge is 2.31. The first kappa shape index (κ1) is 18.0. The fourth-order valence-corrected chi connectivity index (χ4v) is 4.87. The summed E-state index contributed by atoms with van der Waals surface area (Å²) in [5, 5.41) is 0.849. The average Bonchev–Trinajstić information content (AvgIpc) is 2.93. The van der Waals surface area contributed by atoms with Gasteiger partial charge in [-0.2, -0.15) is 13.2 Å². The van der Waals surface area contributed by atoms with Crippen LogP contribution in [0.5, 0.6) is 0 Å². The number of rotatable bonds is 2. The number of anilines is 1. The van der Waals surface area contributed by atoms with E-state index in [0.717, 1.165) is 52.4 Å². The van der Waals surface area contributed by atoms with Gasteiger partial charge in [-0.05, 0) is 36.8 Å². The Morgan fingerprint density at radius 3 is 2.85 bits per heavy atom. The van der Waals surface area contributed by atoms with E-state index in [4.69, 9.17) is 5.73 Å². The number of nitrogen functional groups attached to an aromatic ring is 1. The number of thiophene rings is 1. The van der Waals surface area contributed by atoms with E-state index in [1.54, 1.807) is 11.3 Å². The zero-order valence-corrected chi connectivity index (χ0v) is 15.3. The molecule has 0 bridgehead atoms. The van der Waals surface area contributed by atoms with Crippen LogP contribution >= 0.6 is 11.3 Å². The fraction of sp³-hybridized carbons (Fsp3) is 0.389. The number of aryl methyl sites for hydroxylation is 1. The maximum absolute atomic E-state index is 12.9. The van der Waals surface area contributed by atoms with E-state index in [9.17, 15) is 18.0 Å². The molecular weight excluding hydrogens is 377 g/mol. The van der Waals surface area contributed by atoms with Gasteiger partial charge in [0, 0.05) is 17.1 Å². The number of nitrogens with zero attached hydrogens (tertiary/aromatic N) is 3. The SMILES string of the molecule is CC1CCc2c(sc3nc(Cn4cc(C(F)(F)F)ccc4=O)nc(N)c23)C1. The Morgan fingerprint density at radius 2 is 2.11 bits per heavy atom. The molecule has 1 atom stereocenters. The molecule has 0 aliphatic heterocycles. The first-order valence-electron chi connectivity index (χ1n) is 8.56. The number of hydrogen-bond donors (Lipinski definition) is 1. The van der Waals surface area contributed by atoms with Crippen molar-refractivity contribution >= 4 is 27.4 Å². The van der Waals surface area contributed by atoms with Crippen molar-refractivity contribution in [3.8, 4) is 0 Å². The summed E-state index contributed by atoms with van der Waals surface area (Å²) in [7, 11) is 0. The summed E-state index contributed by atoms with van der Waals surface area (Å²) in [6.45, 7) is 2.04. The number of pyridine rings is 1. The smallest absolute Gasteiger partial charge is 0.383 e. The molecule has 5 nitrogen and oxygen atoms in total. The van der Waals surface area contributed by atoms with Crippen LogP contribution < -0.4 is 11.3 Å². The van der Waals surface area contributed by atoms with Crippen LogP contribution in [0.3, 0.4) is 0 Å². The van der Waals surface area contributed by atoms with E-state index < -0.39 is 17.3 Å². The maximum Gasteiger partial charge on any atom is 0.417 e. The van der Waals surface area contributed by atoms with Gasteiger partial charge < -0.3 is 10.3 Å². The van der Waals surface area contributed by atoms with E-state index in [1.165, 1.54) is 10.4 Å². The summed E-state index contributed by atoms with van der Waals surface area (Å²) in [5.41, 5.74) is 5.88. The summed E-state index contributed by atoms with van der Waals surface area (Å²) < 4.78 is 39.7. The van der Waals surface area contributed by atoms with Crippen molar-refractivity contribution in [1.29, 1.82) is 0 Å². The van der Waals surface area contributed by atoms with Crippen molar-refractivity contribution in [2.45, 2.75) is 38.9 Å². The Bertz CT molecular complexity index is 1090. The summed E-state index contributed by atoms with van der Waals surface area (Å²) in [6.07, 6.45) is -0.760. The van der Waals surface area contributed by atoms with Gasteiger partial charge in [0.1, 0.15) is 10.6 Å². The molecule has 3 aromatic rings. The number of nitrogens with two attached hydrogens (primary N) is 1. The van der Waals surface area contributed by atoms with Gasteiger partial charge in [0.05, 0.1) is 17.5 Å². The monoisotopic (exact) mass is 394 g/mol. The molecule has 2 N–H and O–H groups in total. The Morgan fingerprint density at radius 1 is 1.33 bits per heavy atom. The zero-order chi connectivity index (χ0) is 19.3. The second kappa shape index (κ2) is 6.33. The van der Waals surface area contributed by atoms with Gasteiger partial charge >= 0.3 is 6.18 Å². The highest BCUT2D eigenvalue weighted by atomic mass is 32.1. The molecule has 1 aliphatic rings. The molecule has 1 aliphatic carbocycles. The van der Waals surface area contributed by atoms with E-state index in [-0.39, 0.29) is 12.4 Å². The Labute approximate surface area is 156 Å². The molecule has 0 saturated carbocycles. The van der Waals surface area contributed by atoms with E-state index in [0.29, 0.717) is 11.7 Å². The van der Waals surface area contributed by atoms with Crippen LogP contribution in [0.25, 0.3) is 10.2 Å². The van der Waals surface area contributed by atoms with Crippen molar-refractivity contribution in [1.82, 2.24) is 14.5 Å². The van der Waals surface area contributed by atoms with Gasteiger partial charge in [-0.1, -0.05) is 6.92 Å². The molecule has 0 spiro atoms. The summed E-state index contributed by atoms with van der Waals surface area (Å²) >= 11 is 1.56. The Hall–Kier alpha value is -2.42. The van der Waals surface area contributed by atoms with Gasteiger partial charge in [-0.15, -0.1) is 11.3 Å². The van der Waals surface area contributed by atoms with Crippen molar-refractivity contribution in [2.24, 2.45) is 5.92 Å². The van der Waals surface area contributed by atoms with Crippen LogP contribution in [0.1, 0.15) is 35.2 Å². The summed E-state index contributed by atoms with van der Waals surface area (Å²) in [4.78, 5) is 22.7. The second-order valence-corrected chi connectivity index (χ2v) is 8.02. The summed E-state index contributed by atoms with van der Waals surface area (Å²) in [5.74, 6) is 1.15. The average molecular weight is 394 g/mol. The van der Waals surface area contributed by atoms with Crippen molar-refractivity contribution in [3.05, 3.63) is 50.5 Å². The minimum Gasteiger partial charge on any atom is -0.383 e. The normalized spacial score (nSPS) is 17.3. The highest BCUT2D eigenvalue weighted by Crippen LogP contribution is 2.39. The topological polar surface area (TPSA) is 73.8 Å². The number of fused-ring (bicyclic) bond motifs is 3. The zero-order valence-electron chi connectivity index (χ0n) is 14.5. The van der Waals surface area contributed by atoms with E-state index in [1.807, 2.05) is 0 Å². The van der Waals surface area contributed by atoms with Crippen molar-refractivity contribution < 1.29 is 13.2 Å². The minimum absolute atomic E-state index is 0.165. The molecular formula is C18H17F3N4OS. The third-order valence-corrected chi connectivity index (χ3v) is 6.00. The van der Waals surface area contributed by atoms with Crippen LogP contribution in [0, 0.1) is 5.92 Å². The molecule has 0 radical (unpaired) electrons. The molecule has 3 aromatic heterocycles. The van der Waals surface area contributed by atoms with Gasteiger partial charge in [0.2, 0.25) is 0 Å². The number of halogens is 3. The quantitative estimate of drug-likeness (QED) is 0.720. The first-order valence-corrected chi connectivity index (χ1v) is 9.38. The lowest BCUT2D eigenvalue weighted by atomic mass is 9.89. The molecule has 0 aromatic carbocycles. The maximum atomic E-state index is 12.9. The molecule has 0 saturated heterocycles. The van der Waals surface area contributed by atoms with Crippen LogP contribution in [0.4, 0.5) is 19.0 Å². The number of alkyl halides is 3. The predicted molar refractivity (Wildman–Crippen MR) is 97.8 cm³/mol. The molecule has 9 heteroatoms. The van der Waals surface area contributed by atoms with Crippen LogP contribution in [0.2, 0.25) is 0 Å². The first-order chi connectivity index (χ1) is 12.7. The Balaban J connectivity index is 1.75. The van der Waals surface area contributed by atoms with E-state index in [2.05, 4.69) is 16.9 Å². The highest BCUT2D eigenvalue weighted by molar-refractivity contribution is 7.19. The van der Waals surface area contributed by atoms with Crippen LogP contribution in [-0.4, -0.2) is 14.5 Å². The van der Waals surface area contributed by atoms with Gasteiger partial charge in [0.25, 0.3) is 5.56 Å². The molecule has 0 amide bonds. The molecule has 27 heavy (non-hydrogen) atoms. The molecule has 4 rings (SSSR count).